The van der Waals surface area contributed by atoms with Crippen molar-refractivity contribution in [3.8, 4) is 0 Å². The molecule has 4 rings (SSSR count). The average molecular weight is 565 g/mol. The molecule has 218 valence electrons. The number of alkyl halides is 6. The summed E-state index contributed by atoms with van der Waals surface area (Å²) in [6.07, 6.45) is -6.49. The first-order valence-electron chi connectivity index (χ1n) is 13.3. The molecule has 0 bridgehead atoms. The van der Waals surface area contributed by atoms with Crippen LogP contribution in [-0.2, 0) is 28.4 Å². The van der Waals surface area contributed by atoms with Crippen LogP contribution in [0.25, 0.3) is 0 Å². The van der Waals surface area contributed by atoms with E-state index in [9.17, 15) is 35.9 Å². The molecule has 39 heavy (non-hydrogen) atoms. The Bertz CT molecular complexity index is 1030. The Labute approximate surface area is 223 Å². The molecule has 1 saturated heterocycles. The number of amides is 2. The minimum atomic E-state index is -5.00. The summed E-state index contributed by atoms with van der Waals surface area (Å²) in [4.78, 5) is 29.0. The van der Waals surface area contributed by atoms with Crippen LogP contribution in [0.2, 0.25) is 0 Å². The first-order chi connectivity index (χ1) is 18.2. The number of hydrogen-bond acceptors (Lipinski definition) is 4. The van der Waals surface area contributed by atoms with Crippen molar-refractivity contribution in [3.63, 3.8) is 0 Å². The van der Waals surface area contributed by atoms with Gasteiger partial charge in [-0.3, -0.25) is 0 Å². The van der Waals surface area contributed by atoms with E-state index in [0.717, 1.165) is 26.4 Å². The summed E-state index contributed by atoms with van der Waals surface area (Å²) in [5.74, 6) is 0.576. The fourth-order valence-electron chi connectivity index (χ4n) is 7.04. The Morgan fingerprint density at radius 2 is 1.56 bits per heavy atom. The molecule has 1 aromatic carbocycles. The molecular formula is C27H34F6N2O4. The second-order valence-corrected chi connectivity index (χ2v) is 10.9. The Morgan fingerprint density at radius 1 is 0.974 bits per heavy atom. The number of benzene rings is 1. The highest BCUT2D eigenvalue weighted by atomic mass is 19.4. The highest BCUT2D eigenvalue weighted by Gasteiger charge is 2.52. The lowest BCUT2D eigenvalue weighted by Gasteiger charge is -2.55. The van der Waals surface area contributed by atoms with Gasteiger partial charge in [0.1, 0.15) is 0 Å². The Hall–Kier alpha value is -2.66. The van der Waals surface area contributed by atoms with Crippen molar-refractivity contribution >= 4 is 12.2 Å². The van der Waals surface area contributed by atoms with Gasteiger partial charge in [0, 0.05) is 30.6 Å². The number of nitrogens with zero attached hydrogens (tertiary/aromatic N) is 2. The van der Waals surface area contributed by atoms with Gasteiger partial charge < -0.3 is 19.3 Å². The molecule has 2 saturated carbocycles. The second-order valence-electron chi connectivity index (χ2n) is 10.9. The zero-order valence-corrected chi connectivity index (χ0v) is 22.1. The van der Waals surface area contributed by atoms with Crippen LogP contribution in [0, 0.1) is 17.8 Å². The first-order valence-corrected chi connectivity index (χ1v) is 13.3. The van der Waals surface area contributed by atoms with E-state index in [1.165, 1.54) is 4.90 Å². The predicted octanol–water partition coefficient (Wildman–Crippen LogP) is 7.11. The molecule has 0 spiro atoms. The monoisotopic (exact) mass is 564 g/mol. The van der Waals surface area contributed by atoms with Gasteiger partial charge in [0.2, 0.25) is 0 Å². The first kappa shape index (κ1) is 29.3. The van der Waals surface area contributed by atoms with Gasteiger partial charge in [0.15, 0.2) is 0 Å². The number of piperidine rings is 1. The van der Waals surface area contributed by atoms with Gasteiger partial charge in [-0.05, 0) is 68.7 Å². The smallest absolute Gasteiger partial charge is 0.416 e. The summed E-state index contributed by atoms with van der Waals surface area (Å²) in [6.45, 7) is 3.24. The number of fused-ring (bicyclic) bond motifs is 2. The van der Waals surface area contributed by atoms with E-state index in [2.05, 4.69) is 0 Å². The average Bonchev–Trinajstić information content (AvgIpc) is 3.31. The van der Waals surface area contributed by atoms with Crippen molar-refractivity contribution in [2.75, 3.05) is 13.7 Å². The number of hydrogen-bond donors (Lipinski definition) is 0. The van der Waals surface area contributed by atoms with E-state index in [1.807, 2.05) is 6.92 Å². The van der Waals surface area contributed by atoms with Gasteiger partial charge in [-0.15, -0.1) is 0 Å². The van der Waals surface area contributed by atoms with E-state index in [4.69, 9.17) is 9.47 Å². The van der Waals surface area contributed by atoms with Crippen molar-refractivity contribution < 1.29 is 45.4 Å². The van der Waals surface area contributed by atoms with Crippen molar-refractivity contribution in [1.29, 1.82) is 0 Å². The van der Waals surface area contributed by atoms with Crippen LogP contribution in [0.5, 0.6) is 0 Å². The largest absolute Gasteiger partial charge is 0.453 e. The molecule has 3 aliphatic rings. The highest BCUT2D eigenvalue weighted by molar-refractivity contribution is 5.70. The minimum absolute atomic E-state index is 0.0727. The number of rotatable bonds is 4. The Balaban J connectivity index is 1.73. The summed E-state index contributed by atoms with van der Waals surface area (Å²) < 4.78 is 91.4. The minimum Gasteiger partial charge on any atom is -0.453 e. The predicted molar refractivity (Wildman–Crippen MR) is 128 cm³/mol. The molecule has 3 fully saturated rings. The maximum Gasteiger partial charge on any atom is 0.416 e. The fraction of sp³-hybridized carbons (Fsp3) is 0.704. The maximum atomic E-state index is 13.5. The number of methoxy groups -OCH3 is 1. The van der Waals surface area contributed by atoms with Gasteiger partial charge >= 0.3 is 24.5 Å². The van der Waals surface area contributed by atoms with Crippen molar-refractivity contribution in [1.82, 2.24) is 9.80 Å². The molecule has 0 radical (unpaired) electrons. The summed E-state index contributed by atoms with van der Waals surface area (Å²) in [7, 11) is 1.13. The normalized spacial score (nSPS) is 28.9. The van der Waals surface area contributed by atoms with E-state index in [0.29, 0.717) is 36.8 Å². The van der Waals surface area contributed by atoms with Crippen LogP contribution < -0.4 is 0 Å². The summed E-state index contributed by atoms with van der Waals surface area (Å²) >= 11 is 0. The van der Waals surface area contributed by atoms with E-state index in [-0.39, 0.29) is 42.7 Å². The van der Waals surface area contributed by atoms with Crippen LogP contribution in [0.4, 0.5) is 35.9 Å². The molecule has 0 N–H and O–H groups in total. The third-order valence-electron chi connectivity index (χ3n) is 8.63. The highest BCUT2D eigenvalue weighted by Crippen LogP contribution is 2.50. The molecule has 1 heterocycles. The number of ether oxygens (including phenoxy) is 2. The van der Waals surface area contributed by atoms with Gasteiger partial charge in [-0.25, -0.2) is 9.59 Å². The zero-order chi connectivity index (χ0) is 28.7. The van der Waals surface area contributed by atoms with Gasteiger partial charge in [0.25, 0.3) is 0 Å². The lowest BCUT2D eigenvalue weighted by Crippen LogP contribution is -2.64. The Morgan fingerprint density at radius 3 is 2.10 bits per heavy atom. The van der Waals surface area contributed by atoms with Crippen LogP contribution in [0.15, 0.2) is 18.2 Å². The number of carbonyl (C=O) groups is 2. The number of carbonyl (C=O) groups excluding carboxylic acids is 2. The van der Waals surface area contributed by atoms with E-state index >= 15 is 0 Å². The van der Waals surface area contributed by atoms with Gasteiger partial charge in [0.05, 0.1) is 24.8 Å². The summed E-state index contributed by atoms with van der Waals surface area (Å²) in [6, 6.07) is 0.183. The number of halogens is 6. The molecule has 12 heteroatoms. The Kier molecular flexibility index (Phi) is 8.33. The molecule has 6 atom stereocenters. The summed E-state index contributed by atoms with van der Waals surface area (Å²) in [5, 5.41) is 0. The second kappa shape index (κ2) is 11.1. The summed E-state index contributed by atoms with van der Waals surface area (Å²) in [5.41, 5.74) is -3.17. The molecule has 2 aliphatic carbocycles. The van der Waals surface area contributed by atoms with Crippen molar-refractivity contribution in [2.24, 2.45) is 17.8 Å². The van der Waals surface area contributed by atoms with Crippen LogP contribution in [-0.4, -0.2) is 53.8 Å². The van der Waals surface area contributed by atoms with Crippen molar-refractivity contribution in [3.05, 3.63) is 34.9 Å². The molecule has 2 amide bonds. The van der Waals surface area contributed by atoms with Crippen molar-refractivity contribution in [2.45, 2.75) is 89.4 Å². The standard InChI is InChI=1S/C27H34F6N2O4/c1-4-39-25(37)35-15(2)8-22(21-11-17-6-5-7-18(17)12-23(21)35)34(24(36)38-3)14-16-9-19(26(28,29)30)13-20(10-16)27(31,32)33/h9-10,13,15,17-18,21-23H,4-8,11-12,14H2,1-3H3/t15-,17?,18?,21?,22?,23?/m1/s1. The quantitative estimate of drug-likeness (QED) is 0.366. The topological polar surface area (TPSA) is 59.1 Å². The molecule has 5 unspecified atom stereocenters. The molecular weight excluding hydrogens is 530 g/mol. The van der Waals surface area contributed by atoms with Crippen LogP contribution in [0.3, 0.4) is 0 Å². The lowest BCUT2D eigenvalue weighted by atomic mass is 9.66. The van der Waals surface area contributed by atoms with Gasteiger partial charge in [-0.2, -0.15) is 26.3 Å². The fourth-order valence-corrected chi connectivity index (χ4v) is 7.04. The molecule has 6 nitrogen and oxygen atoms in total. The van der Waals surface area contributed by atoms with E-state index < -0.39 is 48.3 Å². The molecule has 1 aliphatic heterocycles. The van der Waals surface area contributed by atoms with E-state index in [1.54, 1.807) is 11.8 Å². The number of likely N-dealkylation sites (tertiary alicyclic amines) is 1. The zero-order valence-electron chi connectivity index (χ0n) is 22.1. The maximum absolute atomic E-state index is 13.5. The molecule has 1 aromatic rings. The SMILES string of the molecule is CCOC(=O)N1C2CC3CCCC3CC2C(N(Cc2cc(C(F)(F)F)cc(C(F)(F)F)c2)C(=O)OC)C[C@H]1C. The third-order valence-corrected chi connectivity index (χ3v) is 8.63. The molecule has 0 aromatic heterocycles. The van der Waals surface area contributed by atoms with Gasteiger partial charge in [-0.1, -0.05) is 19.3 Å². The third kappa shape index (κ3) is 6.09. The lowest BCUT2D eigenvalue weighted by molar-refractivity contribution is -0.143. The van der Waals surface area contributed by atoms with Crippen LogP contribution >= 0.6 is 0 Å². The van der Waals surface area contributed by atoms with Crippen LogP contribution in [0.1, 0.15) is 69.1 Å².